The van der Waals surface area contributed by atoms with Gasteiger partial charge in [0.15, 0.2) is 0 Å². The molecule has 1 unspecified atom stereocenters. The standard InChI is InChI=1S/C23H23FN2O2S/c24-19-9-5-4-8-18(19)21-10-11-22(29-21)23(28)26-14-12-25(13-15-26)16-20(27)17-6-2-1-3-7-17/h1-11,20,27H,12-16H2. The molecule has 1 aromatic heterocycles. The Morgan fingerprint density at radius 3 is 2.38 bits per heavy atom. The van der Waals surface area contributed by atoms with Crippen LogP contribution < -0.4 is 0 Å². The largest absolute Gasteiger partial charge is 0.387 e. The van der Waals surface area contributed by atoms with Crippen LogP contribution in [0.15, 0.2) is 66.7 Å². The highest BCUT2D eigenvalue weighted by Gasteiger charge is 2.25. The summed E-state index contributed by atoms with van der Waals surface area (Å²) in [7, 11) is 0. The third-order valence-electron chi connectivity index (χ3n) is 5.23. The molecule has 1 fully saturated rings. The van der Waals surface area contributed by atoms with E-state index in [1.807, 2.05) is 41.3 Å². The van der Waals surface area contributed by atoms with Crippen molar-refractivity contribution in [3.05, 3.63) is 83.0 Å². The number of aliphatic hydroxyl groups excluding tert-OH is 1. The van der Waals surface area contributed by atoms with Crippen LogP contribution in [0.4, 0.5) is 4.39 Å². The predicted octanol–water partition coefficient (Wildman–Crippen LogP) is 4.05. The van der Waals surface area contributed by atoms with Gasteiger partial charge in [0, 0.05) is 43.2 Å². The van der Waals surface area contributed by atoms with Gasteiger partial charge in [-0.25, -0.2) is 4.39 Å². The summed E-state index contributed by atoms with van der Waals surface area (Å²) < 4.78 is 14.0. The average molecular weight is 411 g/mol. The minimum atomic E-state index is -0.529. The van der Waals surface area contributed by atoms with Crippen LogP contribution in [0.3, 0.4) is 0 Å². The summed E-state index contributed by atoms with van der Waals surface area (Å²) >= 11 is 1.33. The Balaban J connectivity index is 1.34. The fourth-order valence-electron chi connectivity index (χ4n) is 3.57. The monoisotopic (exact) mass is 410 g/mol. The molecule has 1 aliphatic rings. The highest BCUT2D eigenvalue weighted by Crippen LogP contribution is 2.30. The number of amides is 1. The average Bonchev–Trinajstić information content (AvgIpc) is 3.25. The quantitative estimate of drug-likeness (QED) is 0.690. The van der Waals surface area contributed by atoms with E-state index in [9.17, 15) is 14.3 Å². The van der Waals surface area contributed by atoms with Crippen molar-refractivity contribution in [1.29, 1.82) is 0 Å². The number of carbonyl (C=O) groups is 1. The number of aliphatic hydroxyl groups is 1. The molecule has 4 rings (SSSR count). The number of hydrogen-bond donors (Lipinski definition) is 1. The van der Waals surface area contributed by atoms with Crippen LogP contribution in [0.5, 0.6) is 0 Å². The lowest BCUT2D eigenvalue weighted by atomic mass is 10.1. The molecule has 0 spiro atoms. The number of rotatable bonds is 5. The molecule has 1 N–H and O–H groups in total. The van der Waals surface area contributed by atoms with E-state index in [4.69, 9.17) is 0 Å². The van der Waals surface area contributed by atoms with Crippen LogP contribution in [0.2, 0.25) is 0 Å². The maximum absolute atomic E-state index is 14.0. The first-order valence-electron chi connectivity index (χ1n) is 9.71. The Hall–Kier alpha value is -2.54. The summed E-state index contributed by atoms with van der Waals surface area (Å²) in [5.41, 5.74) is 1.43. The van der Waals surface area contributed by atoms with Crippen LogP contribution in [0.1, 0.15) is 21.3 Å². The van der Waals surface area contributed by atoms with E-state index in [0.29, 0.717) is 30.1 Å². The molecule has 1 saturated heterocycles. The van der Waals surface area contributed by atoms with Crippen LogP contribution in [-0.4, -0.2) is 53.5 Å². The number of halogens is 1. The zero-order valence-electron chi connectivity index (χ0n) is 16.0. The minimum Gasteiger partial charge on any atom is -0.387 e. The highest BCUT2D eigenvalue weighted by molar-refractivity contribution is 7.17. The summed E-state index contributed by atoms with van der Waals surface area (Å²) in [5.74, 6) is -0.292. The molecule has 0 bridgehead atoms. The van der Waals surface area contributed by atoms with Crippen molar-refractivity contribution in [3.8, 4) is 10.4 Å². The van der Waals surface area contributed by atoms with Crippen molar-refractivity contribution in [2.45, 2.75) is 6.10 Å². The Morgan fingerprint density at radius 2 is 1.66 bits per heavy atom. The van der Waals surface area contributed by atoms with Gasteiger partial charge < -0.3 is 10.0 Å². The van der Waals surface area contributed by atoms with Gasteiger partial charge in [-0.1, -0.05) is 48.5 Å². The molecule has 2 heterocycles. The number of nitrogens with zero attached hydrogens (tertiary/aromatic N) is 2. The molecule has 1 amide bonds. The second kappa shape index (κ2) is 8.86. The van der Waals surface area contributed by atoms with E-state index in [-0.39, 0.29) is 11.7 Å². The molecule has 0 radical (unpaired) electrons. The van der Waals surface area contributed by atoms with E-state index in [1.165, 1.54) is 17.4 Å². The maximum atomic E-state index is 14.0. The smallest absolute Gasteiger partial charge is 0.264 e. The van der Waals surface area contributed by atoms with Gasteiger partial charge in [-0.3, -0.25) is 9.69 Å². The van der Waals surface area contributed by atoms with Crippen molar-refractivity contribution in [1.82, 2.24) is 9.80 Å². The Kier molecular flexibility index (Phi) is 6.04. The lowest BCUT2D eigenvalue weighted by Gasteiger charge is -2.35. The number of hydrogen-bond acceptors (Lipinski definition) is 4. The molecular formula is C23H23FN2O2S. The molecule has 1 atom stereocenters. The van der Waals surface area contributed by atoms with Gasteiger partial charge in [-0.15, -0.1) is 11.3 Å². The van der Waals surface area contributed by atoms with Gasteiger partial charge in [0.25, 0.3) is 5.91 Å². The van der Waals surface area contributed by atoms with Crippen molar-refractivity contribution in [3.63, 3.8) is 0 Å². The van der Waals surface area contributed by atoms with Gasteiger partial charge in [-0.2, -0.15) is 0 Å². The molecule has 4 nitrogen and oxygen atoms in total. The highest BCUT2D eigenvalue weighted by atomic mass is 32.1. The van der Waals surface area contributed by atoms with E-state index in [2.05, 4.69) is 4.90 Å². The summed E-state index contributed by atoms with van der Waals surface area (Å²) in [6.45, 7) is 3.24. The van der Waals surface area contributed by atoms with Gasteiger partial charge in [-0.05, 0) is 23.8 Å². The molecule has 29 heavy (non-hydrogen) atoms. The van der Waals surface area contributed by atoms with Crippen molar-refractivity contribution in [2.24, 2.45) is 0 Å². The molecule has 1 aliphatic heterocycles. The lowest BCUT2D eigenvalue weighted by molar-refractivity contribution is 0.0531. The summed E-state index contributed by atoms with van der Waals surface area (Å²) in [4.78, 5) is 18.3. The first kappa shape index (κ1) is 19.8. The van der Waals surface area contributed by atoms with Gasteiger partial charge in [0.1, 0.15) is 5.82 Å². The van der Waals surface area contributed by atoms with Gasteiger partial charge >= 0.3 is 0 Å². The van der Waals surface area contributed by atoms with Crippen molar-refractivity contribution in [2.75, 3.05) is 32.7 Å². The zero-order valence-corrected chi connectivity index (χ0v) is 16.8. The summed E-state index contributed by atoms with van der Waals surface area (Å²) in [6.07, 6.45) is -0.529. The van der Waals surface area contributed by atoms with E-state index < -0.39 is 6.10 Å². The Labute approximate surface area is 173 Å². The van der Waals surface area contributed by atoms with Gasteiger partial charge in [0.05, 0.1) is 11.0 Å². The number of carbonyl (C=O) groups excluding carboxylic acids is 1. The minimum absolute atomic E-state index is 0.0131. The van der Waals surface area contributed by atoms with Crippen molar-refractivity contribution >= 4 is 17.2 Å². The first-order chi connectivity index (χ1) is 14.1. The van der Waals surface area contributed by atoms with Crippen LogP contribution in [0.25, 0.3) is 10.4 Å². The van der Waals surface area contributed by atoms with E-state index in [0.717, 1.165) is 23.5 Å². The maximum Gasteiger partial charge on any atom is 0.264 e. The third kappa shape index (κ3) is 4.56. The fourth-order valence-corrected chi connectivity index (χ4v) is 4.57. The SMILES string of the molecule is O=C(c1ccc(-c2ccccc2F)s1)N1CCN(CC(O)c2ccccc2)CC1. The van der Waals surface area contributed by atoms with E-state index in [1.54, 1.807) is 24.3 Å². The summed E-state index contributed by atoms with van der Waals surface area (Å²) in [5, 5.41) is 10.4. The number of thiophene rings is 1. The molecule has 150 valence electrons. The number of benzene rings is 2. The molecule has 0 aliphatic carbocycles. The zero-order chi connectivity index (χ0) is 20.2. The Morgan fingerprint density at radius 1 is 0.966 bits per heavy atom. The topological polar surface area (TPSA) is 43.8 Å². The summed E-state index contributed by atoms with van der Waals surface area (Å²) in [6, 6.07) is 19.8. The molecule has 6 heteroatoms. The first-order valence-corrected chi connectivity index (χ1v) is 10.5. The Bertz CT molecular complexity index is 968. The lowest BCUT2D eigenvalue weighted by Crippen LogP contribution is -2.49. The molecule has 3 aromatic rings. The van der Waals surface area contributed by atoms with E-state index >= 15 is 0 Å². The van der Waals surface area contributed by atoms with Crippen molar-refractivity contribution < 1.29 is 14.3 Å². The number of β-amino-alcohol motifs (C(OH)–C–C–N with tert-alkyl or cyclic N) is 1. The van der Waals surface area contributed by atoms with Crippen LogP contribution >= 0.6 is 11.3 Å². The molecular weight excluding hydrogens is 387 g/mol. The second-order valence-corrected chi connectivity index (χ2v) is 8.25. The number of piperazine rings is 1. The predicted molar refractivity (Wildman–Crippen MR) is 113 cm³/mol. The van der Waals surface area contributed by atoms with Crippen LogP contribution in [0, 0.1) is 5.82 Å². The van der Waals surface area contributed by atoms with Crippen LogP contribution in [-0.2, 0) is 0 Å². The normalized spacial score (nSPS) is 16.0. The molecule has 0 saturated carbocycles. The molecule has 2 aromatic carbocycles. The van der Waals surface area contributed by atoms with Gasteiger partial charge in [0.2, 0.25) is 0 Å². The second-order valence-electron chi connectivity index (χ2n) is 7.16. The fraction of sp³-hybridized carbons (Fsp3) is 0.261. The third-order valence-corrected chi connectivity index (χ3v) is 6.34.